The number of carboxylic acids is 1. The Bertz CT molecular complexity index is 798. The number of hydrogen-bond donors (Lipinski definition) is 1. The highest BCUT2D eigenvalue weighted by Gasteiger charge is 2.33. The van der Waals surface area contributed by atoms with Crippen molar-refractivity contribution in [3.8, 4) is 5.69 Å². The molecule has 2 aliphatic rings. The van der Waals surface area contributed by atoms with Gasteiger partial charge in [0.1, 0.15) is 5.69 Å². The summed E-state index contributed by atoms with van der Waals surface area (Å²) in [6.45, 7) is 0.645. The van der Waals surface area contributed by atoms with Crippen LogP contribution in [0.1, 0.15) is 34.9 Å². The van der Waals surface area contributed by atoms with E-state index in [1.165, 1.54) is 4.90 Å². The average molecular weight is 341 g/mol. The van der Waals surface area contributed by atoms with Crippen LogP contribution in [-0.2, 0) is 9.53 Å². The summed E-state index contributed by atoms with van der Waals surface area (Å²) in [5.41, 5.74) is 2.22. The van der Waals surface area contributed by atoms with Crippen LogP contribution in [0.2, 0.25) is 0 Å². The Hall–Kier alpha value is -2.67. The van der Waals surface area contributed by atoms with E-state index in [1.807, 2.05) is 36.4 Å². The van der Waals surface area contributed by atoms with Gasteiger partial charge < -0.3 is 14.7 Å². The molecule has 130 valence electrons. The van der Waals surface area contributed by atoms with E-state index in [0.717, 1.165) is 24.2 Å². The van der Waals surface area contributed by atoms with Gasteiger partial charge in [0.2, 0.25) is 0 Å². The summed E-state index contributed by atoms with van der Waals surface area (Å²) in [6.07, 6.45) is 1.21. The normalized spacial score (nSPS) is 20.5. The van der Waals surface area contributed by atoms with Gasteiger partial charge in [0.15, 0.2) is 6.10 Å². The lowest BCUT2D eigenvalue weighted by atomic mass is 10.2. The van der Waals surface area contributed by atoms with Crippen molar-refractivity contribution in [3.05, 3.63) is 47.8 Å². The van der Waals surface area contributed by atoms with Gasteiger partial charge in [0.25, 0.3) is 5.91 Å². The Kier molecular flexibility index (Phi) is 4.01. The van der Waals surface area contributed by atoms with E-state index < -0.39 is 12.1 Å². The molecule has 1 N–H and O–H groups in total. The first kappa shape index (κ1) is 15.8. The zero-order valence-corrected chi connectivity index (χ0v) is 13.7. The molecule has 4 rings (SSSR count). The van der Waals surface area contributed by atoms with E-state index >= 15 is 0 Å². The van der Waals surface area contributed by atoms with Crippen LogP contribution >= 0.6 is 0 Å². The number of rotatable bonds is 4. The minimum absolute atomic E-state index is 0.0485. The average Bonchev–Trinajstić information content (AvgIpc) is 3.40. The topological polar surface area (TPSA) is 84.7 Å². The van der Waals surface area contributed by atoms with Crippen LogP contribution in [0, 0.1) is 0 Å². The molecule has 0 spiro atoms. The lowest BCUT2D eigenvalue weighted by molar-refractivity contribution is -0.154. The molecule has 2 aromatic rings. The fourth-order valence-electron chi connectivity index (χ4n) is 3.04. The molecule has 7 heteroatoms. The summed E-state index contributed by atoms with van der Waals surface area (Å²) in [4.78, 5) is 25.7. The molecule has 0 bridgehead atoms. The van der Waals surface area contributed by atoms with Crippen molar-refractivity contribution in [1.29, 1.82) is 0 Å². The van der Waals surface area contributed by atoms with Gasteiger partial charge in [-0.05, 0) is 31.0 Å². The molecule has 1 aromatic heterocycles. The van der Waals surface area contributed by atoms with Crippen LogP contribution in [0.25, 0.3) is 5.69 Å². The minimum atomic E-state index is -1.05. The monoisotopic (exact) mass is 341 g/mol. The third kappa shape index (κ3) is 3.15. The number of para-hydroxylation sites is 1. The fourth-order valence-corrected chi connectivity index (χ4v) is 3.04. The number of aliphatic carboxylic acids is 1. The number of morpholine rings is 1. The SMILES string of the molecule is O=C(O)C1CN(C(=O)c2cc(C3CC3)nn2-c2ccccc2)CCO1. The molecule has 2 heterocycles. The summed E-state index contributed by atoms with van der Waals surface area (Å²) in [5, 5.41) is 13.8. The van der Waals surface area contributed by atoms with Crippen LogP contribution in [0.4, 0.5) is 0 Å². The smallest absolute Gasteiger partial charge is 0.334 e. The first-order valence-electron chi connectivity index (χ1n) is 8.42. The Morgan fingerprint density at radius 3 is 2.64 bits per heavy atom. The predicted molar refractivity (Wildman–Crippen MR) is 88.8 cm³/mol. The summed E-state index contributed by atoms with van der Waals surface area (Å²) in [5.74, 6) is -0.835. The molecule has 1 saturated heterocycles. The van der Waals surface area contributed by atoms with E-state index in [0.29, 0.717) is 18.2 Å². The van der Waals surface area contributed by atoms with Crippen molar-refractivity contribution in [2.75, 3.05) is 19.7 Å². The van der Waals surface area contributed by atoms with Gasteiger partial charge in [-0.15, -0.1) is 0 Å². The number of aromatic nitrogens is 2. The van der Waals surface area contributed by atoms with Gasteiger partial charge in [0.05, 0.1) is 24.5 Å². The lowest BCUT2D eigenvalue weighted by Crippen LogP contribution is -2.48. The summed E-state index contributed by atoms with van der Waals surface area (Å²) in [7, 11) is 0. The maximum Gasteiger partial charge on any atom is 0.334 e. The van der Waals surface area contributed by atoms with Crippen molar-refractivity contribution >= 4 is 11.9 Å². The van der Waals surface area contributed by atoms with Gasteiger partial charge in [0, 0.05) is 12.5 Å². The molecule has 1 unspecified atom stereocenters. The standard InChI is InChI=1S/C18H19N3O4/c22-17(20-8-9-25-16(11-20)18(23)24)15-10-14(12-6-7-12)19-21(15)13-4-2-1-3-5-13/h1-5,10,12,16H,6-9,11H2,(H,23,24). The van der Waals surface area contributed by atoms with E-state index in [2.05, 4.69) is 5.10 Å². The summed E-state index contributed by atoms with van der Waals surface area (Å²) < 4.78 is 6.88. The largest absolute Gasteiger partial charge is 0.479 e. The molecule has 1 aliphatic carbocycles. The first-order valence-corrected chi connectivity index (χ1v) is 8.42. The van der Waals surface area contributed by atoms with E-state index in [9.17, 15) is 9.59 Å². The van der Waals surface area contributed by atoms with Crippen molar-refractivity contribution < 1.29 is 19.4 Å². The molecule has 25 heavy (non-hydrogen) atoms. The third-order valence-electron chi connectivity index (χ3n) is 4.57. The highest BCUT2D eigenvalue weighted by Crippen LogP contribution is 2.39. The maximum atomic E-state index is 13.0. The second-order valence-corrected chi connectivity index (χ2v) is 6.42. The van der Waals surface area contributed by atoms with Crippen molar-refractivity contribution in [1.82, 2.24) is 14.7 Å². The maximum absolute atomic E-state index is 13.0. The van der Waals surface area contributed by atoms with E-state index in [-0.39, 0.29) is 19.1 Å². The molecule has 2 fully saturated rings. The number of carboxylic acid groups (broad SMARTS) is 1. The van der Waals surface area contributed by atoms with Crippen LogP contribution in [-0.4, -0.2) is 57.5 Å². The van der Waals surface area contributed by atoms with Crippen LogP contribution in [0.3, 0.4) is 0 Å². The zero-order chi connectivity index (χ0) is 17.4. The molecule has 7 nitrogen and oxygen atoms in total. The molecule has 1 aromatic carbocycles. The number of amides is 1. The molecule has 1 atom stereocenters. The molecule has 1 aliphatic heterocycles. The number of ether oxygens (including phenoxy) is 1. The van der Waals surface area contributed by atoms with Gasteiger partial charge in [-0.1, -0.05) is 18.2 Å². The summed E-state index contributed by atoms with van der Waals surface area (Å²) in [6, 6.07) is 11.4. The Morgan fingerprint density at radius 1 is 1.20 bits per heavy atom. The molecular weight excluding hydrogens is 322 g/mol. The van der Waals surface area contributed by atoms with E-state index in [1.54, 1.807) is 4.68 Å². The van der Waals surface area contributed by atoms with Crippen molar-refractivity contribution in [2.45, 2.75) is 24.9 Å². The number of hydrogen-bond acceptors (Lipinski definition) is 4. The first-order chi connectivity index (χ1) is 12.1. The summed E-state index contributed by atoms with van der Waals surface area (Å²) >= 11 is 0. The highest BCUT2D eigenvalue weighted by molar-refractivity contribution is 5.94. The third-order valence-corrected chi connectivity index (χ3v) is 4.57. The number of nitrogens with zero attached hydrogens (tertiary/aromatic N) is 3. The van der Waals surface area contributed by atoms with Crippen molar-refractivity contribution in [2.24, 2.45) is 0 Å². The second kappa shape index (κ2) is 6.33. The number of carbonyl (C=O) groups is 2. The minimum Gasteiger partial charge on any atom is -0.479 e. The fraction of sp³-hybridized carbons (Fsp3) is 0.389. The van der Waals surface area contributed by atoms with E-state index in [4.69, 9.17) is 9.84 Å². The Labute approximate surface area is 144 Å². The molecule has 1 saturated carbocycles. The van der Waals surface area contributed by atoms with Gasteiger partial charge in [-0.3, -0.25) is 4.79 Å². The second-order valence-electron chi connectivity index (χ2n) is 6.42. The molecular formula is C18H19N3O4. The van der Waals surface area contributed by atoms with Crippen LogP contribution < -0.4 is 0 Å². The van der Waals surface area contributed by atoms with Crippen molar-refractivity contribution in [3.63, 3.8) is 0 Å². The molecule has 1 amide bonds. The predicted octanol–water partition coefficient (Wildman–Crippen LogP) is 1.68. The van der Waals surface area contributed by atoms with Crippen LogP contribution in [0.5, 0.6) is 0 Å². The Morgan fingerprint density at radius 2 is 1.96 bits per heavy atom. The lowest BCUT2D eigenvalue weighted by Gasteiger charge is -2.30. The zero-order valence-electron chi connectivity index (χ0n) is 13.7. The van der Waals surface area contributed by atoms with Gasteiger partial charge >= 0.3 is 5.97 Å². The van der Waals surface area contributed by atoms with Gasteiger partial charge in [-0.2, -0.15) is 5.10 Å². The highest BCUT2D eigenvalue weighted by atomic mass is 16.5. The molecule has 0 radical (unpaired) electrons. The van der Waals surface area contributed by atoms with Crippen LogP contribution in [0.15, 0.2) is 36.4 Å². The quantitative estimate of drug-likeness (QED) is 0.914. The Balaban J connectivity index is 1.66. The number of carbonyl (C=O) groups excluding carboxylic acids is 1. The number of benzene rings is 1. The van der Waals surface area contributed by atoms with Gasteiger partial charge in [-0.25, -0.2) is 9.48 Å².